The molecule has 0 atom stereocenters. The van der Waals surface area contributed by atoms with Gasteiger partial charge in [-0.2, -0.15) is 22.7 Å². The molecule has 0 amide bonds. The molecule has 0 aliphatic heterocycles. The second-order valence-corrected chi connectivity index (χ2v) is 8.80. The van der Waals surface area contributed by atoms with Gasteiger partial charge in [-0.15, -0.1) is 0 Å². The lowest BCUT2D eigenvalue weighted by Gasteiger charge is -2.22. The Kier molecular flexibility index (Phi) is 6.55. The Morgan fingerprint density at radius 1 is 1.15 bits per heavy atom. The van der Waals surface area contributed by atoms with E-state index in [2.05, 4.69) is 5.10 Å². The predicted octanol–water partition coefficient (Wildman–Crippen LogP) is 6.80. The first kappa shape index (κ1) is 21.8. The lowest BCUT2D eigenvalue weighted by molar-refractivity contribution is -0.137. The van der Waals surface area contributed by atoms with Crippen molar-refractivity contribution in [1.29, 1.82) is 0 Å². The van der Waals surface area contributed by atoms with E-state index in [4.69, 9.17) is 46.4 Å². The van der Waals surface area contributed by atoms with Gasteiger partial charge in [0.1, 0.15) is 11.5 Å². The van der Waals surface area contributed by atoms with Crippen molar-refractivity contribution in [2.45, 2.75) is 21.9 Å². The Balaban J connectivity index is 2.66. The van der Waals surface area contributed by atoms with Gasteiger partial charge < -0.3 is 4.90 Å². The molecule has 1 heterocycles. The Hall–Kier alpha value is -0.540. The lowest BCUT2D eigenvalue weighted by Crippen LogP contribution is -2.21. The molecule has 12 heteroatoms. The SMILES string of the molecule is CCN(C)c1c(SC(F)(Cl)Cl)cnn1-c1c(Cl)cc(C(F)(F)F)cc1Cl. The summed E-state index contributed by atoms with van der Waals surface area (Å²) in [7, 11) is 1.67. The number of alkyl halides is 6. The molecule has 2 aromatic rings. The van der Waals surface area contributed by atoms with Crippen molar-refractivity contribution < 1.29 is 17.6 Å². The molecule has 0 saturated carbocycles. The minimum absolute atomic E-state index is 0.0251. The number of benzene rings is 1. The first-order valence-electron chi connectivity index (χ1n) is 6.96. The molecule has 0 N–H and O–H groups in total. The van der Waals surface area contributed by atoms with Crippen LogP contribution in [0.4, 0.5) is 23.4 Å². The van der Waals surface area contributed by atoms with E-state index in [9.17, 15) is 17.6 Å². The number of hydrogen-bond donors (Lipinski definition) is 0. The van der Waals surface area contributed by atoms with Crippen LogP contribution in [0.15, 0.2) is 23.2 Å². The van der Waals surface area contributed by atoms with Crippen LogP contribution in [0.25, 0.3) is 5.69 Å². The quantitative estimate of drug-likeness (QED) is 0.272. The number of hydrogen-bond acceptors (Lipinski definition) is 3. The zero-order valence-corrected chi connectivity index (χ0v) is 17.1. The molecule has 0 radical (unpaired) electrons. The molecule has 0 aliphatic rings. The van der Waals surface area contributed by atoms with Crippen LogP contribution in [-0.4, -0.2) is 27.3 Å². The number of aromatic nitrogens is 2. The van der Waals surface area contributed by atoms with E-state index in [0.717, 1.165) is 12.1 Å². The zero-order valence-electron chi connectivity index (χ0n) is 13.2. The minimum Gasteiger partial charge on any atom is -0.359 e. The van der Waals surface area contributed by atoms with Gasteiger partial charge in [0.15, 0.2) is 0 Å². The largest absolute Gasteiger partial charge is 0.416 e. The number of thioether (sulfide) groups is 1. The highest BCUT2D eigenvalue weighted by atomic mass is 35.5. The van der Waals surface area contributed by atoms with Crippen molar-refractivity contribution in [2.75, 3.05) is 18.5 Å². The summed E-state index contributed by atoms with van der Waals surface area (Å²) >= 11 is 23.4. The van der Waals surface area contributed by atoms with E-state index < -0.39 is 15.7 Å². The van der Waals surface area contributed by atoms with Crippen molar-refractivity contribution in [1.82, 2.24) is 9.78 Å². The van der Waals surface area contributed by atoms with Gasteiger partial charge in [-0.25, -0.2) is 4.68 Å². The smallest absolute Gasteiger partial charge is 0.359 e. The number of rotatable bonds is 5. The van der Waals surface area contributed by atoms with Crippen molar-refractivity contribution in [3.05, 3.63) is 33.9 Å². The third kappa shape index (κ3) is 4.84. The van der Waals surface area contributed by atoms with E-state index >= 15 is 0 Å². The highest BCUT2D eigenvalue weighted by Crippen LogP contribution is 2.46. The molecule has 0 spiro atoms. The summed E-state index contributed by atoms with van der Waals surface area (Å²) in [4.78, 5) is 1.92. The van der Waals surface area contributed by atoms with Gasteiger partial charge in [0.25, 0.3) is 0 Å². The van der Waals surface area contributed by atoms with Gasteiger partial charge in [-0.05, 0) is 30.8 Å². The summed E-state index contributed by atoms with van der Waals surface area (Å²) in [5, 5.41) is 3.54. The van der Waals surface area contributed by atoms with Gasteiger partial charge in [0.05, 0.1) is 26.7 Å². The number of nitrogens with zero attached hydrogens (tertiary/aromatic N) is 3. The molecule has 0 unspecified atom stereocenters. The fourth-order valence-electron chi connectivity index (χ4n) is 2.12. The molecule has 0 saturated heterocycles. The van der Waals surface area contributed by atoms with Crippen LogP contribution in [0.3, 0.4) is 0 Å². The van der Waals surface area contributed by atoms with Crippen LogP contribution < -0.4 is 4.90 Å². The highest BCUT2D eigenvalue weighted by Gasteiger charge is 2.33. The van der Waals surface area contributed by atoms with Crippen LogP contribution >= 0.6 is 58.2 Å². The second-order valence-electron chi connectivity index (χ2n) is 5.09. The van der Waals surface area contributed by atoms with Crippen molar-refractivity contribution in [3.8, 4) is 5.69 Å². The van der Waals surface area contributed by atoms with Gasteiger partial charge in [0, 0.05) is 13.6 Å². The fourth-order valence-corrected chi connectivity index (χ4v) is 3.95. The van der Waals surface area contributed by atoms with Crippen LogP contribution in [0, 0.1) is 0 Å². The van der Waals surface area contributed by atoms with Crippen LogP contribution in [0.5, 0.6) is 0 Å². The summed E-state index contributed by atoms with van der Waals surface area (Å²) < 4.78 is 51.0. The fraction of sp³-hybridized carbons (Fsp3) is 0.357. The van der Waals surface area contributed by atoms with E-state index in [1.807, 2.05) is 6.92 Å². The third-order valence-corrected chi connectivity index (χ3v) is 5.11. The summed E-state index contributed by atoms with van der Waals surface area (Å²) in [5.41, 5.74) is -0.968. The van der Waals surface area contributed by atoms with Crippen LogP contribution in [0.2, 0.25) is 10.0 Å². The summed E-state index contributed by atoms with van der Waals surface area (Å²) in [6.45, 7) is 2.28. The molecule has 26 heavy (non-hydrogen) atoms. The predicted molar refractivity (Wildman–Crippen MR) is 98.9 cm³/mol. The molecular formula is C14H11Cl4F4N3S. The zero-order chi connectivity index (χ0) is 19.9. The lowest BCUT2D eigenvalue weighted by atomic mass is 10.2. The molecule has 144 valence electrons. The van der Waals surface area contributed by atoms with Crippen molar-refractivity contribution >= 4 is 64.0 Å². The minimum atomic E-state index is -4.61. The van der Waals surface area contributed by atoms with E-state index in [1.54, 1.807) is 11.9 Å². The maximum atomic E-state index is 13.6. The van der Waals surface area contributed by atoms with Crippen molar-refractivity contribution in [3.63, 3.8) is 0 Å². The van der Waals surface area contributed by atoms with E-state index in [1.165, 1.54) is 10.9 Å². The Labute approximate surface area is 171 Å². The van der Waals surface area contributed by atoms with Gasteiger partial charge in [0.2, 0.25) is 0 Å². The molecular weight excluding hydrogens is 460 g/mol. The second kappa shape index (κ2) is 7.83. The summed E-state index contributed by atoms with van der Waals surface area (Å²) in [6.07, 6.45) is -3.33. The average Bonchev–Trinajstić information content (AvgIpc) is 2.86. The Bertz CT molecular complexity index is 781. The van der Waals surface area contributed by atoms with E-state index in [0.29, 0.717) is 24.1 Å². The van der Waals surface area contributed by atoms with Gasteiger partial charge in [-0.1, -0.05) is 46.4 Å². The third-order valence-electron chi connectivity index (χ3n) is 3.33. The monoisotopic (exact) mass is 469 g/mol. The van der Waals surface area contributed by atoms with E-state index in [-0.39, 0.29) is 20.6 Å². The molecule has 1 aromatic heterocycles. The first-order chi connectivity index (χ1) is 11.8. The van der Waals surface area contributed by atoms with Gasteiger partial charge in [-0.3, -0.25) is 0 Å². The molecule has 1 aromatic carbocycles. The Morgan fingerprint density at radius 3 is 2.12 bits per heavy atom. The molecule has 0 fully saturated rings. The average molecular weight is 471 g/mol. The Morgan fingerprint density at radius 2 is 1.69 bits per heavy atom. The topological polar surface area (TPSA) is 21.1 Å². The number of halogens is 8. The molecule has 0 aliphatic carbocycles. The molecule has 2 rings (SSSR count). The summed E-state index contributed by atoms with van der Waals surface area (Å²) in [5.74, 6) is 0.324. The standard InChI is InChI=1S/C14H11Cl4F4N3S/c1-3-24(2)12-10(26-14(17,18)22)6-23-25(12)11-8(15)4-7(5-9(11)16)13(19,20)21/h4-6H,3H2,1-2H3. The summed E-state index contributed by atoms with van der Waals surface area (Å²) in [6, 6.07) is 1.49. The van der Waals surface area contributed by atoms with Gasteiger partial charge >= 0.3 is 10.1 Å². The first-order valence-corrected chi connectivity index (χ1v) is 9.29. The van der Waals surface area contributed by atoms with Crippen LogP contribution in [-0.2, 0) is 6.18 Å². The molecule has 3 nitrogen and oxygen atoms in total. The normalized spacial score (nSPS) is 12.5. The van der Waals surface area contributed by atoms with Crippen LogP contribution in [0.1, 0.15) is 12.5 Å². The number of anilines is 1. The maximum Gasteiger partial charge on any atom is 0.416 e. The maximum absolute atomic E-state index is 13.6. The van der Waals surface area contributed by atoms with Crippen molar-refractivity contribution in [2.24, 2.45) is 0 Å². The molecule has 0 bridgehead atoms. The highest BCUT2D eigenvalue weighted by molar-refractivity contribution is 8.03.